The molecule has 1 amide bonds. The van der Waals surface area contributed by atoms with E-state index < -0.39 is 0 Å². The van der Waals surface area contributed by atoms with Crippen LogP contribution in [0.4, 0.5) is 0 Å². The quantitative estimate of drug-likeness (QED) is 0.155. The van der Waals surface area contributed by atoms with Crippen LogP contribution < -0.4 is 14.2 Å². The summed E-state index contributed by atoms with van der Waals surface area (Å²) in [7, 11) is 1.60. The molecule has 0 aromatic heterocycles. The average molecular weight is 598 g/mol. The molecule has 1 aliphatic heterocycles. The Morgan fingerprint density at radius 1 is 1.12 bits per heavy atom. The van der Waals surface area contributed by atoms with Crippen LogP contribution in [0.15, 0.2) is 41.3 Å². The fourth-order valence-electron chi connectivity index (χ4n) is 3.24. The second kappa shape index (κ2) is 11.1. The third-order valence-corrected chi connectivity index (χ3v) is 7.24. The van der Waals surface area contributed by atoms with E-state index in [0.717, 1.165) is 14.9 Å². The number of likely N-dealkylation sites (N-methyl/N-ethyl adjacent to an activating group) is 1. The first-order valence-corrected chi connectivity index (χ1v) is 12.9. The van der Waals surface area contributed by atoms with Gasteiger partial charge in [-0.05, 0) is 76.4 Å². The van der Waals surface area contributed by atoms with Crippen molar-refractivity contribution in [3.8, 4) is 17.2 Å². The summed E-state index contributed by atoms with van der Waals surface area (Å²) in [6.07, 6.45) is 1.84. The van der Waals surface area contributed by atoms with Crippen LogP contribution in [0.5, 0.6) is 17.2 Å². The fourth-order valence-corrected chi connectivity index (χ4v) is 5.41. The molecular weight excluding hydrogens is 569 g/mol. The summed E-state index contributed by atoms with van der Waals surface area (Å²) in [5.74, 6) is 2.01. The monoisotopic (exact) mass is 597 g/mol. The van der Waals surface area contributed by atoms with Gasteiger partial charge in [0.15, 0.2) is 11.5 Å². The lowest BCUT2D eigenvalue weighted by Crippen LogP contribution is -2.27. The molecule has 176 valence electrons. The van der Waals surface area contributed by atoms with Gasteiger partial charge >= 0.3 is 0 Å². The number of carbonyl (C=O) groups excluding carboxylic acids is 1. The Kier molecular flexibility index (Phi) is 8.69. The SMILES string of the molecule is CCN1C(=O)/C(=C/c2cc(I)c(OCCOc3ccc(C(C)(C)C)cc3)c(OC)c2)SC1=S. The Hall–Kier alpha value is -1.78. The highest BCUT2D eigenvalue weighted by Crippen LogP contribution is 2.37. The second-order valence-electron chi connectivity index (χ2n) is 8.43. The van der Waals surface area contributed by atoms with Crippen LogP contribution in [0.3, 0.4) is 0 Å². The lowest BCUT2D eigenvalue weighted by Gasteiger charge is -2.19. The van der Waals surface area contributed by atoms with E-state index >= 15 is 0 Å². The van der Waals surface area contributed by atoms with Gasteiger partial charge in [-0.1, -0.05) is 56.9 Å². The average Bonchev–Trinajstić information content (AvgIpc) is 3.03. The maximum absolute atomic E-state index is 12.5. The molecule has 33 heavy (non-hydrogen) atoms. The van der Waals surface area contributed by atoms with Crippen LogP contribution in [0.1, 0.15) is 38.8 Å². The van der Waals surface area contributed by atoms with Gasteiger partial charge in [0, 0.05) is 6.54 Å². The van der Waals surface area contributed by atoms with Gasteiger partial charge in [0.05, 0.1) is 15.6 Å². The number of carbonyl (C=O) groups is 1. The summed E-state index contributed by atoms with van der Waals surface area (Å²) >= 11 is 8.82. The van der Waals surface area contributed by atoms with Crippen molar-refractivity contribution in [3.05, 3.63) is 56.0 Å². The van der Waals surface area contributed by atoms with E-state index in [1.807, 2.05) is 37.3 Å². The van der Waals surface area contributed by atoms with Gasteiger partial charge in [0.1, 0.15) is 23.3 Å². The molecule has 5 nitrogen and oxygen atoms in total. The Bertz CT molecular complexity index is 1060. The van der Waals surface area contributed by atoms with E-state index in [-0.39, 0.29) is 11.3 Å². The zero-order chi connectivity index (χ0) is 24.2. The van der Waals surface area contributed by atoms with Crippen molar-refractivity contribution in [2.24, 2.45) is 0 Å². The number of halogens is 1. The number of hydrogen-bond acceptors (Lipinski definition) is 6. The smallest absolute Gasteiger partial charge is 0.266 e. The maximum atomic E-state index is 12.5. The van der Waals surface area contributed by atoms with Crippen molar-refractivity contribution in [2.75, 3.05) is 26.9 Å². The van der Waals surface area contributed by atoms with Gasteiger partial charge in [0.2, 0.25) is 0 Å². The van der Waals surface area contributed by atoms with E-state index in [4.69, 9.17) is 26.4 Å². The summed E-state index contributed by atoms with van der Waals surface area (Å²) < 4.78 is 18.8. The summed E-state index contributed by atoms with van der Waals surface area (Å²) in [6, 6.07) is 12.0. The molecule has 0 aliphatic carbocycles. The van der Waals surface area contributed by atoms with Crippen molar-refractivity contribution < 1.29 is 19.0 Å². The second-order valence-corrected chi connectivity index (χ2v) is 11.3. The zero-order valence-electron chi connectivity index (χ0n) is 19.4. The molecule has 0 N–H and O–H groups in total. The first kappa shape index (κ1) is 25.8. The highest BCUT2D eigenvalue weighted by atomic mass is 127. The molecule has 1 aliphatic rings. The molecule has 1 saturated heterocycles. The molecule has 1 heterocycles. The largest absolute Gasteiger partial charge is 0.493 e. The number of rotatable bonds is 8. The van der Waals surface area contributed by atoms with Crippen molar-refractivity contribution in [2.45, 2.75) is 33.1 Å². The van der Waals surface area contributed by atoms with Gasteiger partial charge < -0.3 is 14.2 Å². The summed E-state index contributed by atoms with van der Waals surface area (Å²) in [5, 5.41) is 0. The van der Waals surface area contributed by atoms with E-state index in [9.17, 15) is 4.79 Å². The fraction of sp³-hybridized carbons (Fsp3) is 0.360. The maximum Gasteiger partial charge on any atom is 0.266 e. The van der Waals surface area contributed by atoms with Gasteiger partial charge in [-0.3, -0.25) is 9.69 Å². The van der Waals surface area contributed by atoms with Crippen LogP contribution in [0, 0.1) is 3.57 Å². The first-order valence-electron chi connectivity index (χ1n) is 10.6. The van der Waals surface area contributed by atoms with Crippen LogP contribution in [-0.4, -0.2) is 42.0 Å². The normalized spacial score (nSPS) is 15.3. The van der Waals surface area contributed by atoms with E-state index in [2.05, 4.69) is 55.5 Å². The Labute approximate surface area is 219 Å². The van der Waals surface area contributed by atoms with Gasteiger partial charge in [-0.15, -0.1) is 0 Å². The molecule has 8 heteroatoms. The predicted molar refractivity (Wildman–Crippen MR) is 147 cm³/mol. The molecule has 3 rings (SSSR count). The lowest BCUT2D eigenvalue weighted by molar-refractivity contribution is -0.121. The number of benzene rings is 2. The van der Waals surface area contributed by atoms with Crippen LogP contribution in [-0.2, 0) is 10.2 Å². The van der Waals surface area contributed by atoms with Crippen LogP contribution in [0.2, 0.25) is 0 Å². The number of ether oxygens (including phenoxy) is 3. The van der Waals surface area contributed by atoms with Crippen LogP contribution >= 0.6 is 46.6 Å². The molecule has 0 saturated carbocycles. The molecule has 2 aromatic carbocycles. The number of methoxy groups -OCH3 is 1. The van der Waals surface area contributed by atoms with E-state index in [0.29, 0.717) is 40.5 Å². The Balaban J connectivity index is 1.64. The van der Waals surface area contributed by atoms with Crippen molar-refractivity contribution in [1.82, 2.24) is 4.90 Å². The number of hydrogen-bond donors (Lipinski definition) is 0. The summed E-state index contributed by atoms with van der Waals surface area (Å²) in [4.78, 5) is 14.7. The molecule has 0 radical (unpaired) electrons. The van der Waals surface area contributed by atoms with Gasteiger partial charge in [-0.25, -0.2) is 0 Å². The number of thioether (sulfide) groups is 1. The molecule has 0 bridgehead atoms. The molecule has 0 spiro atoms. The number of amides is 1. The minimum atomic E-state index is -0.0607. The summed E-state index contributed by atoms with van der Waals surface area (Å²) in [6.45, 7) is 9.83. The molecule has 1 fully saturated rings. The zero-order valence-corrected chi connectivity index (χ0v) is 23.2. The molecular formula is C25H28INO4S2. The topological polar surface area (TPSA) is 48.0 Å². The third kappa shape index (κ3) is 6.42. The lowest BCUT2D eigenvalue weighted by atomic mass is 9.87. The number of thiocarbonyl (C=S) groups is 1. The predicted octanol–water partition coefficient (Wildman–Crippen LogP) is 6.28. The minimum Gasteiger partial charge on any atom is -0.493 e. The van der Waals surface area contributed by atoms with Gasteiger partial charge in [-0.2, -0.15) is 0 Å². The summed E-state index contributed by atoms with van der Waals surface area (Å²) in [5.41, 5.74) is 2.24. The third-order valence-electron chi connectivity index (χ3n) is 5.06. The van der Waals surface area contributed by atoms with E-state index in [1.54, 1.807) is 12.0 Å². The molecule has 2 aromatic rings. The van der Waals surface area contributed by atoms with Crippen LogP contribution in [0.25, 0.3) is 6.08 Å². The Morgan fingerprint density at radius 3 is 2.36 bits per heavy atom. The van der Waals surface area contributed by atoms with Crippen molar-refractivity contribution in [3.63, 3.8) is 0 Å². The highest BCUT2D eigenvalue weighted by Gasteiger charge is 2.30. The van der Waals surface area contributed by atoms with E-state index in [1.165, 1.54) is 17.3 Å². The standard InChI is InChI=1S/C25H28INO4S2/c1-6-27-23(28)21(33-24(27)32)15-16-13-19(26)22(20(14-16)29-5)31-12-11-30-18-9-7-17(8-10-18)25(2,3)4/h7-10,13-15H,6,11-12H2,1-5H3/b21-15-. The first-order chi connectivity index (χ1) is 15.6. The highest BCUT2D eigenvalue weighted by molar-refractivity contribution is 14.1. The van der Waals surface area contributed by atoms with Crippen molar-refractivity contribution >= 4 is 62.9 Å². The molecule has 0 atom stereocenters. The molecule has 0 unspecified atom stereocenters. The number of nitrogens with zero attached hydrogens (tertiary/aromatic N) is 1. The minimum absolute atomic E-state index is 0.0607. The van der Waals surface area contributed by atoms with Crippen molar-refractivity contribution in [1.29, 1.82) is 0 Å². The Morgan fingerprint density at radius 2 is 1.79 bits per heavy atom. The van der Waals surface area contributed by atoms with Gasteiger partial charge in [0.25, 0.3) is 5.91 Å².